The minimum Gasteiger partial charge on any atom is -0.460 e. The van der Waals surface area contributed by atoms with Crippen molar-refractivity contribution >= 4 is 6.03 Å². The highest BCUT2D eigenvalue weighted by Crippen LogP contribution is 2.28. The number of halogens is 3. The van der Waals surface area contributed by atoms with Gasteiger partial charge in [0.05, 0.1) is 0 Å². The number of likely N-dealkylation sites (tertiary alicyclic amines) is 1. The van der Waals surface area contributed by atoms with E-state index in [-0.39, 0.29) is 18.1 Å². The zero-order chi connectivity index (χ0) is 16.3. The molecule has 0 unspecified atom stereocenters. The molecule has 1 aromatic heterocycles. The third kappa shape index (κ3) is 3.99. The summed E-state index contributed by atoms with van der Waals surface area (Å²) in [5.41, 5.74) is -1.03. The van der Waals surface area contributed by atoms with Crippen LogP contribution in [0.1, 0.15) is 18.5 Å². The maximum Gasteiger partial charge on any atom is 0.433 e. The van der Waals surface area contributed by atoms with Crippen molar-refractivity contribution < 1.29 is 22.7 Å². The van der Waals surface area contributed by atoms with Crippen molar-refractivity contribution in [3.63, 3.8) is 0 Å². The molecular weight excluding hydrogens is 301 g/mol. The molecule has 1 fully saturated rings. The van der Waals surface area contributed by atoms with E-state index in [1.54, 1.807) is 19.0 Å². The van der Waals surface area contributed by atoms with Crippen LogP contribution in [-0.4, -0.2) is 59.1 Å². The highest BCUT2D eigenvalue weighted by atomic mass is 19.4. The smallest absolute Gasteiger partial charge is 0.433 e. The molecule has 6 nitrogen and oxygen atoms in total. The highest BCUT2D eigenvalue weighted by Gasteiger charge is 2.33. The lowest BCUT2D eigenvalue weighted by atomic mass is 10.1. The molecule has 0 atom stereocenters. The van der Waals surface area contributed by atoms with Gasteiger partial charge in [-0.1, -0.05) is 0 Å². The molecule has 1 aromatic rings. The summed E-state index contributed by atoms with van der Waals surface area (Å²) in [5, 5.41) is 0. The van der Waals surface area contributed by atoms with Crippen molar-refractivity contribution in [2.45, 2.75) is 25.1 Å². The Bertz CT molecular complexity index is 528. The van der Waals surface area contributed by atoms with Crippen LogP contribution in [0.4, 0.5) is 18.0 Å². The van der Waals surface area contributed by atoms with E-state index in [1.807, 2.05) is 0 Å². The Kier molecular flexibility index (Phi) is 4.72. The predicted octanol–water partition coefficient (Wildman–Crippen LogP) is 2.02. The van der Waals surface area contributed by atoms with Gasteiger partial charge in [0, 0.05) is 46.2 Å². The first-order valence-electron chi connectivity index (χ1n) is 6.80. The van der Waals surface area contributed by atoms with Crippen LogP contribution in [0.15, 0.2) is 12.3 Å². The molecule has 22 heavy (non-hydrogen) atoms. The summed E-state index contributed by atoms with van der Waals surface area (Å²) in [6, 6.07) is 0.423. The van der Waals surface area contributed by atoms with Crippen molar-refractivity contribution in [3.8, 4) is 6.01 Å². The molecular formula is C13H17F3N4O2. The Morgan fingerprint density at radius 1 is 1.36 bits per heavy atom. The number of ether oxygens (including phenoxy) is 1. The predicted molar refractivity (Wildman–Crippen MR) is 71.3 cm³/mol. The molecule has 0 aromatic carbocycles. The first-order chi connectivity index (χ1) is 10.3. The molecule has 2 rings (SSSR count). The number of aromatic nitrogens is 2. The summed E-state index contributed by atoms with van der Waals surface area (Å²) in [6.45, 7) is 0.973. The van der Waals surface area contributed by atoms with Gasteiger partial charge in [0.2, 0.25) is 0 Å². The average Bonchev–Trinajstić information content (AvgIpc) is 2.46. The number of carbonyl (C=O) groups excluding carboxylic acids is 1. The van der Waals surface area contributed by atoms with E-state index in [4.69, 9.17) is 4.74 Å². The highest BCUT2D eigenvalue weighted by molar-refractivity contribution is 5.73. The summed E-state index contributed by atoms with van der Waals surface area (Å²) in [6.07, 6.45) is -2.74. The van der Waals surface area contributed by atoms with Crippen LogP contribution in [0.5, 0.6) is 6.01 Å². The second-order valence-corrected chi connectivity index (χ2v) is 5.20. The van der Waals surface area contributed by atoms with Gasteiger partial charge in [0.1, 0.15) is 6.10 Å². The largest absolute Gasteiger partial charge is 0.460 e. The number of amides is 2. The number of piperidine rings is 1. The van der Waals surface area contributed by atoms with Crippen molar-refractivity contribution in [1.82, 2.24) is 19.8 Å². The SMILES string of the molecule is CN(C)C(=O)N1CCC(Oc2nccc(C(F)(F)F)n2)CC1. The standard InChI is InChI=1S/C13H17F3N4O2/c1-19(2)12(21)20-7-4-9(5-8-20)22-11-17-6-3-10(18-11)13(14,15)16/h3,6,9H,4-5,7-8H2,1-2H3. The molecule has 1 saturated heterocycles. The fourth-order valence-electron chi connectivity index (χ4n) is 2.15. The number of nitrogens with zero attached hydrogens (tertiary/aromatic N) is 4. The second-order valence-electron chi connectivity index (χ2n) is 5.20. The van der Waals surface area contributed by atoms with Crippen molar-refractivity contribution in [2.75, 3.05) is 27.2 Å². The van der Waals surface area contributed by atoms with Gasteiger partial charge in [-0.2, -0.15) is 18.2 Å². The molecule has 122 valence electrons. The third-order valence-corrected chi connectivity index (χ3v) is 3.29. The number of urea groups is 1. The first-order valence-corrected chi connectivity index (χ1v) is 6.80. The van der Waals surface area contributed by atoms with Gasteiger partial charge < -0.3 is 14.5 Å². The summed E-state index contributed by atoms with van der Waals surface area (Å²) >= 11 is 0. The molecule has 1 aliphatic heterocycles. The van der Waals surface area contributed by atoms with E-state index in [2.05, 4.69) is 9.97 Å². The Morgan fingerprint density at radius 2 is 2.00 bits per heavy atom. The van der Waals surface area contributed by atoms with Gasteiger partial charge >= 0.3 is 18.2 Å². The van der Waals surface area contributed by atoms with Crippen LogP contribution < -0.4 is 4.74 Å². The van der Waals surface area contributed by atoms with Crippen molar-refractivity contribution in [2.24, 2.45) is 0 Å². The number of carbonyl (C=O) groups is 1. The van der Waals surface area contributed by atoms with Crippen LogP contribution in [0, 0.1) is 0 Å². The molecule has 0 aliphatic carbocycles. The minimum absolute atomic E-state index is 0.0891. The van der Waals surface area contributed by atoms with Crippen molar-refractivity contribution in [3.05, 3.63) is 18.0 Å². The molecule has 9 heteroatoms. The Balaban J connectivity index is 1.93. The number of hydrogen-bond acceptors (Lipinski definition) is 4. The normalized spacial score (nSPS) is 16.5. The zero-order valence-electron chi connectivity index (χ0n) is 12.3. The van der Waals surface area contributed by atoms with Gasteiger partial charge in [-0.25, -0.2) is 9.78 Å². The topological polar surface area (TPSA) is 58.6 Å². The Morgan fingerprint density at radius 3 is 2.55 bits per heavy atom. The molecule has 0 bridgehead atoms. The Labute approximate surface area is 125 Å². The second kappa shape index (κ2) is 6.37. The van der Waals surface area contributed by atoms with E-state index in [1.165, 1.54) is 4.90 Å². The molecule has 0 saturated carbocycles. The summed E-state index contributed by atoms with van der Waals surface area (Å²) in [7, 11) is 3.34. The fourth-order valence-corrected chi connectivity index (χ4v) is 2.15. The minimum atomic E-state index is -4.53. The molecule has 2 amide bonds. The van der Waals surface area contributed by atoms with Gasteiger partial charge in [-0.3, -0.25) is 0 Å². The van der Waals surface area contributed by atoms with Crippen LogP contribution in [0.3, 0.4) is 0 Å². The van der Waals surface area contributed by atoms with Gasteiger partial charge in [-0.05, 0) is 6.07 Å². The van der Waals surface area contributed by atoms with Gasteiger partial charge in [0.15, 0.2) is 5.69 Å². The third-order valence-electron chi connectivity index (χ3n) is 3.29. The molecule has 0 radical (unpaired) electrons. The van der Waals surface area contributed by atoms with E-state index < -0.39 is 11.9 Å². The molecule has 0 N–H and O–H groups in total. The quantitative estimate of drug-likeness (QED) is 0.837. The summed E-state index contributed by atoms with van der Waals surface area (Å²) < 4.78 is 43.1. The Hall–Kier alpha value is -2.06. The van der Waals surface area contributed by atoms with E-state index in [0.717, 1.165) is 12.3 Å². The van der Waals surface area contributed by atoms with Crippen LogP contribution in [0.25, 0.3) is 0 Å². The first kappa shape index (κ1) is 16.3. The lowest BCUT2D eigenvalue weighted by Crippen LogP contribution is -2.46. The van der Waals surface area contributed by atoms with Crippen LogP contribution in [-0.2, 0) is 6.18 Å². The molecule has 2 heterocycles. The van der Waals surface area contributed by atoms with E-state index >= 15 is 0 Å². The monoisotopic (exact) mass is 318 g/mol. The lowest BCUT2D eigenvalue weighted by molar-refractivity contribution is -0.141. The lowest BCUT2D eigenvalue weighted by Gasteiger charge is -2.33. The van der Waals surface area contributed by atoms with Crippen molar-refractivity contribution in [1.29, 1.82) is 0 Å². The maximum atomic E-state index is 12.6. The fraction of sp³-hybridized carbons (Fsp3) is 0.615. The average molecular weight is 318 g/mol. The molecule has 0 spiro atoms. The van der Waals surface area contributed by atoms with Crippen LogP contribution >= 0.6 is 0 Å². The number of alkyl halides is 3. The summed E-state index contributed by atoms with van der Waals surface area (Å²) in [5.74, 6) is 0. The molecule has 1 aliphatic rings. The number of rotatable bonds is 2. The van der Waals surface area contributed by atoms with E-state index in [0.29, 0.717) is 25.9 Å². The van der Waals surface area contributed by atoms with Gasteiger partial charge in [-0.15, -0.1) is 0 Å². The maximum absolute atomic E-state index is 12.6. The zero-order valence-corrected chi connectivity index (χ0v) is 12.3. The van der Waals surface area contributed by atoms with Crippen LogP contribution in [0.2, 0.25) is 0 Å². The van der Waals surface area contributed by atoms with Gasteiger partial charge in [0.25, 0.3) is 0 Å². The van der Waals surface area contributed by atoms with E-state index in [9.17, 15) is 18.0 Å². The number of hydrogen-bond donors (Lipinski definition) is 0. The summed E-state index contributed by atoms with van der Waals surface area (Å²) in [4.78, 5) is 22.0.